The highest BCUT2D eigenvalue weighted by atomic mass is 16.1. The van der Waals surface area contributed by atoms with Gasteiger partial charge in [0.1, 0.15) is 0 Å². The molecule has 3 nitrogen and oxygen atoms in total. The Labute approximate surface area is 106 Å². The highest BCUT2D eigenvalue weighted by Gasteiger charge is 2.20. The lowest BCUT2D eigenvalue weighted by molar-refractivity contribution is -0.123. The zero-order valence-corrected chi connectivity index (χ0v) is 11.4. The highest BCUT2D eigenvalue weighted by molar-refractivity contribution is 5.76. The first kappa shape index (κ1) is 14.5. The van der Waals surface area contributed by atoms with Crippen LogP contribution in [0.25, 0.3) is 0 Å². The summed E-state index contributed by atoms with van der Waals surface area (Å²) in [4.78, 5) is 11.8. The van der Waals surface area contributed by atoms with Crippen molar-refractivity contribution in [3.63, 3.8) is 0 Å². The molecule has 0 atom stereocenters. The Morgan fingerprint density at radius 1 is 1.29 bits per heavy atom. The summed E-state index contributed by atoms with van der Waals surface area (Å²) in [6, 6.07) is 0. The van der Waals surface area contributed by atoms with E-state index < -0.39 is 0 Å². The molecule has 0 spiro atoms. The Morgan fingerprint density at radius 3 is 2.53 bits per heavy atom. The molecule has 3 N–H and O–H groups in total. The standard InChI is InChI=1S/C14H28N2O/c1-14(2,10-11-15)16-13(17)9-8-12-6-4-3-5-7-12/h12H,3-11,15H2,1-2H3,(H,16,17). The number of hydrogen-bond donors (Lipinski definition) is 2. The van der Waals surface area contributed by atoms with E-state index in [1.54, 1.807) is 0 Å². The fourth-order valence-corrected chi connectivity index (χ4v) is 2.67. The summed E-state index contributed by atoms with van der Waals surface area (Å²) in [5.41, 5.74) is 5.38. The molecule has 1 saturated carbocycles. The molecular formula is C14H28N2O. The Balaban J connectivity index is 2.20. The fourth-order valence-electron chi connectivity index (χ4n) is 2.67. The van der Waals surface area contributed by atoms with Gasteiger partial charge in [0.15, 0.2) is 0 Å². The van der Waals surface area contributed by atoms with Crippen LogP contribution >= 0.6 is 0 Å². The average molecular weight is 240 g/mol. The van der Waals surface area contributed by atoms with Crippen LogP contribution in [-0.2, 0) is 4.79 Å². The number of nitrogens with one attached hydrogen (secondary N) is 1. The van der Waals surface area contributed by atoms with Gasteiger partial charge in [-0.05, 0) is 39.2 Å². The van der Waals surface area contributed by atoms with Gasteiger partial charge in [0.25, 0.3) is 0 Å². The molecule has 0 unspecified atom stereocenters. The maximum Gasteiger partial charge on any atom is 0.220 e. The summed E-state index contributed by atoms with van der Waals surface area (Å²) >= 11 is 0. The summed E-state index contributed by atoms with van der Waals surface area (Å²) in [5, 5.41) is 3.08. The Hall–Kier alpha value is -0.570. The lowest BCUT2D eigenvalue weighted by Crippen LogP contribution is -2.44. The topological polar surface area (TPSA) is 55.1 Å². The number of rotatable bonds is 6. The minimum atomic E-state index is -0.154. The molecule has 1 aliphatic carbocycles. The molecule has 1 fully saturated rings. The van der Waals surface area contributed by atoms with Crippen LogP contribution in [0.4, 0.5) is 0 Å². The number of carbonyl (C=O) groups excluding carboxylic acids is 1. The van der Waals surface area contributed by atoms with Crippen molar-refractivity contribution in [1.82, 2.24) is 5.32 Å². The molecule has 0 radical (unpaired) electrons. The van der Waals surface area contributed by atoms with E-state index in [0.717, 1.165) is 18.8 Å². The predicted octanol–water partition coefficient (Wildman–Crippen LogP) is 2.59. The van der Waals surface area contributed by atoms with Crippen LogP contribution in [0.2, 0.25) is 0 Å². The van der Waals surface area contributed by atoms with Gasteiger partial charge < -0.3 is 11.1 Å². The van der Waals surface area contributed by atoms with Crippen molar-refractivity contribution in [2.45, 2.75) is 70.8 Å². The monoisotopic (exact) mass is 240 g/mol. The molecule has 0 aliphatic heterocycles. The van der Waals surface area contributed by atoms with E-state index >= 15 is 0 Å². The molecular weight excluding hydrogens is 212 g/mol. The maximum atomic E-state index is 11.8. The maximum absolute atomic E-state index is 11.8. The lowest BCUT2D eigenvalue weighted by atomic mass is 9.86. The predicted molar refractivity (Wildman–Crippen MR) is 71.7 cm³/mol. The fraction of sp³-hybridized carbons (Fsp3) is 0.929. The van der Waals surface area contributed by atoms with Gasteiger partial charge in [0.2, 0.25) is 5.91 Å². The van der Waals surface area contributed by atoms with Crippen LogP contribution in [0.1, 0.15) is 65.2 Å². The molecule has 0 aromatic rings. The third kappa shape index (κ3) is 6.06. The van der Waals surface area contributed by atoms with E-state index in [9.17, 15) is 4.79 Å². The summed E-state index contributed by atoms with van der Waals surface area (Å²) in [6.45, 7) is 4.70. The normalized spacial score (nSPS) is 18.1. The van der Waals surface area contributed by atoms with Crippen molar-refractivity contribution in [2.24, 2.45) is 11.7 Å². The first-order valence-electron chi connectivity index (χ1n) is 7.04. The zero-order valence-electron chi connectivity index (χ0n) is 11.4. The van der Waals surface area contributed by atoms with Gasteiger partial charge in [0, 0.05) is 12.0 Å². The number of nitrogens with two attached hydrogens (primary N) is 1. The number of amides is 1. The minimum absolute atomic E-state index is 0.154. The smallest absolute Gasteiger partial charge is 0.220 e. The molecule has 100 valence electrons. The average Bonchev–Trinajstić information content (AvgIpc) is 2.27. The van der Waals surface area contributed by atoms with Crippen molar-refractivity contribution in [2.75, 3.05) is 6.54 Å². The SMILES string of the molecule is CC(C)(CCN)NC(=O)CCC1CCCCC1. The van der Waals surface area contributed by atoms with Crippen molar-refractivity contribution < 1.29 is 4.79 Å². The molecule has 17 heavy (non-hydrogen) atoms. The summed E-state index contributed by atoms with van der Waals surface area (Å²) in [6.07, 6.45) is 9.30. The van der Waals surface area contributed by atoms with Crippen LogP contribution in [0, 0.1) is 5.92 Å². The molecule has 0 heterocycles. The molecule has 0 aromatic carbocycles. The van der Waals surface area contributed by atoms with Crippen LogP contribution in [0.3, 0.4) is 0 Å². The van der Waals surface area contributed by atoms with E-state index in [2.05, 4.69) is 5.32 Å². The second kappa shape index (κ2) is 7.00. The Kier molecular flexibility index (Phi) is 5.96. The zero-order chi connectivity index (χ0) is 12.7. The molecule has 1 rings (SSSR count). The minimum Gasteiger partial charge on any atom is -0.351 e. The van der Waals surface area contributed by atoms with Crippen LogP contribution in [0.15, 0.2) is 0 Å². The van der Waals surface area contributed by atoms with Crippen LogP contribution < -0.4 is 11.1 Å². The first-order chi connectivity index (χ1) is 8.03. The largest absolute Gasteiger partial charge is 0.351 e. The van der Waals surface area contributed by atoms with E-state index in [4.69, 9.17) is 5.73 Å². The van der Waals surface area contributed by atoms with Gasteiger partial charge in [-0.25, -0.2) is 0 Å². The Morgan fingerprint density at radius 2 is 1.94 bits per heavy atom. The lowest BCUT2D eigenvalue weighted by Gasteiger charge is -2.26. The first-order valence-corrected chi connectivity index (χ1v) is 7.04. The van der Waals surface area contributed by atoms with Crippen molar-refractivity contribution in [1.29, 1.82) is 0 Å². The number of hydrogen-bond acceptors (Lipinski definition) is 2. The van der Waals surface area contributed by atoms with Crippen LogP contribution in [-0.4, -0.2) is 18.0 Å². The van der Waals surface area contributed by atoms with Crippen molar-refractivity contribution in [3.8, 4) is 0 Å². The molecule has 1 aliphatic rings. The molecule has 0 saturated heterocycles. The molecule has 3 heteroatoms. The Bertz CT molecular complexity index is 232. The molecule has 0 bridgehead atoms. The summed E-state index contributed by atoms with van der Waals surface area (Å²) < 4.78 is 0. The highest BCUT2D eigenvalue weighted by Crippen LogP contribution is 2.27. The van der Waals surface area contributed by atoms with Crippen molar-refractivity contribution in [3.05, 3.63) is 0 Å². The van der Waals surface area contributed by atoms with E-state index in [-0.39, 0.29) is 11.4 Å². The third-order valence-electron chi connectivity index (χ3n) is 3.75. The van der Waals surface area contributed by atoms with Gasteiger partial charge in [-0.15, -0.1) is 0 Å². The van der Waals surface area contributed by atoms with E-state index in [0.29, 0.717) is 13.0 Å². The summed E-state index contributed by atoms with van der Waals surface area (Å²) in [7, 11) is 0. The van der Waals surface area contributed by atoms with Gasteiger partial charge in [-0.1, -0.05) is 32.1 Å². The molecule has 1 amide bonds. The second-order valence-corrected chi connectivity index (χ2v) is 6.01. The van der Waals surface area contributed by atoms with Gasteiger partial charge >= 0.3 is 0 Å². The van der Waals surface area contributed by atoms with Gasteiger partial charge in [0.05, 0.1) is 0 Å². The van der Waals surface area contributed by atoms with E-state index in [1.165, 1.54) is 32.1 Å². The van der Waals surface area contributed by atoms with Crippen LogP contribution in [0.5, 0.6) is 0 Å². The third-order valence-corrected chi connectivity index (χ3v) is 3.75. The quantitative estimate of drug-likeness (QED) is 0.750. The molecule has 0 aromatic heterocycles. The van der Waals surface area contributed by atoms with Gasteiger partial charge in [-0.3, -0.25) is 4.79 Å². The second-order valence-electron chi connectivity index (χ2n) is 6.01. The summed E-state index contributed by atoms with van der Waals surface area (Å²) in [5.74, 6) is 0.973. The van der Waals surface area contributed by atoms with E-state index in [1.807, 2.05) is 13.8 Å². The van der Waals surface area contributed by atoms with Gasteiger partial charge in [-0.2, -0.15) is 0 Å². The number of carbonyl (C=O) groups is 1. The van der Waals surface area contributed by atoms with Crippen molar-refractivity contribution >= 4 is 5.91 Å².